The molecule has 6 nitrogen and oxygen atoms in total. The lowest BCUT2D eigenvalue weighted by molar-refractivity contribution is 0.216. The van der Waals surface area contributed by atoms with Crippen molar-refractivity contribution in [2.24, 2.45) is 5.73 Å². The summed E-state index contributed by atoms with van der Waals surface area (Å²) in [5.41, 5.74) is 5.98. The first-order chi connectivity index (χ1) is 8.53. The number of carbonyl (C=O) groups is 1. The van der Waals surface area contributed by atoms with Crippen LogP contribution < -0.4 is 19.9 Å². The molecule has 2 amide bonds. The number of primary amides is 1. The summed E-state index contributed by atoms with van der Waals surface area (Å²) in [5, 5.41) is 0. The van der Waals surface area contributed by atoms with Crippen LogP contribution in [0.5, 0.6) is 17.2 Å². The van der Waals surface area contributed by atoms with Gasteiger partial charge in [0.25, 0.3) is 0 Å². The van der Waals surface area contributed by atoms with Gasteiger partial charge in [-0.1, -0.05) is 0 Å². The highest BCUT2D eigenvalue weighted by atomic mass is 16.5. The van der Waals surface area contributed by atoms with Gasteiger partial charge < -0.3 is 24.8 Å². The van der Waals surface area contributed by atoms with Crippen LogP contribution in [0.2, 0.25) is 0 Å². The van der Waals surface area contributed by atoms with Gasteiger partial charge in [-0.2, -0.15) is 0 Å². The van der Waals surface area contributed by atoms with E-state index >= 15 is 0 Å². The Kier molecular flexibility index (Phi) is 4.65. The summed E-state index contributed by atoms with van der Waals surface area (Å²) in [4.78, 5) is 12.4. The summed E-state index contributed by atoms with van der Waals surface area (Å²) in [7, 11) is 6.26. The van der Waals surface area contributed by atoms with Crippen molar-refractivity contribution in [3.63, 3.8) is 0 Å². The Balaban J connectivity index is 3.13. The van der Waals surface area contributed by atoms with E-state index in [2.05, 4.69) is 0 Å². The number of rotatable bonds is 5. The highest BCUT2D eigenvalue weighted by Gasteiger charge is 2.14. The van der Waals surface area contributed by atoms with Gasteiger partial charge in [0, 0.05) is 18.7 Å². The molecule has 100 valence electrons. The molecule has 18 heavy (non-hydrogen) atoms. The second kappa shape index (κ2) is 6.00. The average molecular weight is 254 g/mol. The summed E-state index contributed by atoms with van der Waals surface area (Å²) < 4.78 is 15.6. The monoisotopic (exact) mass is 254 g/mol. The fraction of sp³-hybridized carbons (Fsp3) is 0.417. The van der Waals surface area contributed by atoms with Crippen molar-refractivity contribution >= 4 is 6.03 Å². The molecule has 0 aromatic heterocycles. The number of nitrogens with zero attached hydrogens (tertiary/aromatic N) is 1. The van der Waals surface area contributed by atoms with E-state index in [-0.39, 0.29) is 0 Å². The Morgan fingerprint density at radius 3 is 2.06 bits per heavy atom. The first-order valence-electron chi connectivity index (χ1n) is 5.33. The van der Waals surface area contributed by atoms with Crippen LogP contribution in [-0.4, -0.2) is 39.3 Å². The van der Waals surface area contributed by atoms with Crippen LogP contribution in [0.25, 0.3) is 0 Å². The SMILES string of the molecule is COc1cc(OC)c(OC)cc1CN(C)C(N)=O. The Hall–Kier alpha value is -2.11. The Labute approximate surface area is 106 Å². The third-order valence-corrected chi connectivity index (χ3v) is 2.57. The number of hydrogen-bond acceptors (Lipinski definition) is 4. The zero-order valence-corrected chi connectivity index (χ0v) is 11.0. The molecular weight excluding hydrogens is 236 g/mol. The summed E-state index contributed by atoms with van der Waals surface area (Å²) in [6, 6.07) is 2.96. The van der Waals surface area contributed by atoms with Gasteiger partial charge in [-0.05, 0) is 6.07 Å². The normalized spacial score (nSPS) is 9.78. The first-order valence-corrected chi connectivity index (χ1v) is 5.33. The predicted octanol–water partition coefficient (Wildman–Crippen LogP) is 1.22. The number of carbonyl (C=O) groups excluding carboxylic acids is 1. The van der Waals surface area contributed by atoms with Crippen LogP contribution in [0.15, 0.2) is 12.1 Å². The Morgan fingerprint density at radius 1 is 1.11 bits per heavy atom. The topological polar surface area (TPSA) is 74.0 Å². The van der Waals surface area contributed by atoms with E-state index < -0.39 is 6.03 Å². The predicted molar refractivity (Wildman–Crippen MR) is 67.1 cm³/mol. The molecule has 0 aliphatic carbocycles. The molecule has 0 heterocycles. The molecular formula is C12H18N2O4. The van der Waals surface area contributed by atoms with E-state index in [1.807, 2.05) is 0 Å². The van der Waals surface area contributed by atoms with Gasteiger partial charge in [-0.25, -0.2) is 4.79 Å². The highest BCUT2D eigenvalue weighted by Crippen LogP contribution is 2.34. The molecule has 0 spiro atoms. The highest BCUT2D eigenvalue weighted by molar-refractivity contribution is 5.71. The van der Waals surface area contributed by atoms with Gasteiger partial charge in [0.1, 0.15) is 5.75 Å². The standard InChI is InChI=1S/C12H18N2O4/c1-14(12(13)15)7-8-5-10(17-3)11(18-4)6-9(8)16-2/h5-6H,7H2,1-4H3,(H2,13,15). The van der Waals surface area contributed by atoms with Gasteiger partial charge in [0.05, 0.1) is 27.9 Å². The summed E-state index contributed by atoms with van der Waals surface area (Å²) >= 11 is 0. The van der Waals surface area contributed by atoms with E-state index in [4.69, 9.17) is 19.9 Å². The van der Waals surface area contributed by atoms with Crippen LogP contribution >= 0.6 is 0 Å². The lowest BCUT2D eigenvalue weighted by atomic mass is 10.1. The summed E-state index contributed by atoms with van der Waals surface area (Å²) in [5.74, 6) is 1.76. The molecule has 0 aliphatic rings. The van der Waals surface area contributed by atoms with Crippen molar-refractivity contribution in [1.29, 1.82) is 0 Å². The molecule has 0 atom stereocenters. The fourth-order valence-corrected chi connectivity index (χ4v) is 1.55. The lowest BCUT2D eigenvalue weighted by Gasteiger charge is -2.18. The molecule has 0 unspecified atom stereocenters. The van der Waals surface area contributed by atoms with Crippen LogP contribution in [-0.2, 0) is 6.54 Å². The van der Waals surface area contributed by atoms with Crippen molar-refractivity contribution in [1.82, 2.24) is 4.90 Å². The quantitative estimate of drug-likeness (QED) is 0.857. The minimum atomic E-state index is -0.508. The van der Waals surface area contributed by atoms with Crippen LogP contribution in [0.3, 0.4) is 0 Å². The van der Waals surface area contributed by atoms with E-state index in [1.54, 1.807) is 40.5 Å². The van der Waals surface area contributed by atoms with E-state index in [9.17, 15) is 4.79 Å². The lowest BCUT2D eigenvalue weighted by Crippen LogP contribution is -2.31. The zero-order valence-electron chi connectivity index (χ0n) is 11.0. The number of nitrogens with two attached hydrogens (primary N) is 1. The van der Waals surface area contributed by atoms with Gasteiger partial charge in [0.15, 0.2) is 11.5 Å². The van der Waals surface area contributed by atoms with Crippen LogP contribution in [0.4, 0.5) is 4.79 Å². The molecule has 1 rings (SSSR count). The molecule has 6 heteroatoms. The number of methoxy groups -OCH3 is 3. The fourth-order valence-electron chi connectivity index (χ4n) is 1.55. The van der Waals surface area contributed by atoms with Gasteiger partial charge >= 0.3 is 6.03 Å². The molecule has 1 aromatic carbocycles. The Morgan fingerprint density at radius 2 is 1.61 bits per heavy atom. The molecule has 0 fully saturated rings. The first kappa shape index (κ1) is 14.0. The van der Waals surface area contributed by atoms with E-state index in [0.717, 1.165) is 5.56 Å². The number of urea groups is 1. The third-order valence-electron chi connectivity index (χ3n) is 2.57. The van der Waals surface area contributed by atoms with Crippen molar-refractivity contribution in [2.75, 3.05) is 28.4 Å². The summed E-state index contributed by atoms with van der Waals surface area (Å²) in [6.45, 7) is 0.332. The molecule has 2 N–H and O–H groups in total. The molecule has 0 aliphatic heterocycles. The molecule has 1 aromatic rings. The van der Waals surface area contributed by atoms with E-state index in [1.165, 1.54) is 4.90 Å². The number of hydrogen-bond donors (Lipinski definition) is 1. The van der Waals surface area contributed by atoms with E-state index in [0.29, 0.717) is 23.8 Å². The second-order valence-electron chi connectivity index (χ2n) is 3.71. The van der Waals surface area contributed by atoms with Crippen molar-refractivity contribution < 1.29 is 19.0 Å². The smallest absolute Gasteiger partial charge is 0.314 e. The van der Waals surface area contributed by atoms with Gasteiger partial charge in [-0.15, -0.1) is 0 Å². The minimum absolute atomic E-state index is 0.332. The zero-order chi connectivity index (χ0) is 13.7. The number of benzene rings is 1. The summed E-state index contributed by atoms with van der Waals surface area (Å²) in [6.07, 6.45) is 0. The molecule has 0 saturated carbocycles. The van der Waals surface area contributed by atoms with Gasteiger partial charge in [-0.3, -0.25) is 0 Å². The number of ether oxygens (including phenoxy) is 3. The molecule has 0 radical (unpaired) electrons. The largest absolute Gasteiger partial charge is 0.496 e. The average Bonchev–Trinajstić information content (AvgIpc) is 2.37. The third kappa shape index (κ3) is 2.97. The van der Waals surface area contributed by atoms with Crippen molar-refractivity contribution in [2.45, 2.75) is 6.54 Å². The Bertz CT molecular complexity index is 434. The minimum Gasteiger partial charge on any atom is -0.496 e. The molecule has 0 saturated heterocycles. The molecule has 0 bridgehead atoms. The number of amides is 2. The van der Waals surface area contributed by atoms with Crippen LogP contribution in [0, 0.1) is 0 Å². The maximum absolute atomic E-state index is 11.0. The van der Waals surface area contributed by atoms with Gasteiger partial charge in [0.2, 0.25) is 0 Å². The van der Waals surface area contributed by atoms with Crippen molar-refractivity contribution in [3.8, 4) is 17.2 Å². The maximum atomic E-state index is 11.0. The second-order valence-corrected chi connectivity index (χ2v) is 3.71. The van der Waals surface area contributed by atoms with Crippen molar-refractivity contribution in [3.05, 3.63) is 17.7 Å². The maximum Gasteiger partial charge on any atom is 0.314 e. The van der Waals surface area contributed by atoms with Crippen LogP contribution in [0.1, 0.15) is 5.56 Å².